The number of hydrogen-bond donors (Lipinski definition) is 1. The second-order valence-electron chi connectivity index (χ2n) is 7.84. The lowest BCUT2D eigenvalue weighted by Gasteiger charge is -2.57. The van der Waals surface area contributed by atoms with Gasteiger partial charge in [-0.3, -0.25) is 0 Å². The normalized spacial score (nSPS) is 40.2. The van der Waals surface area contributed by atoms with E-state index in [-0.39, 0.29) is 6.10 Å². The highest BCUT2D eigenvalue weighted by Crippen LogP contribution is 2.61. The molecule has 110 valence electrons. The van der Waals surface area contributed by atoms with Crippen LogP contribution in [0.15, 0.2) is 5.38 Å². The quantitative estimate of drug-likeness (QED) is 0.911. The molecule has 4 aliphatic carbocycles. The van der Waals surface area contributed by atoms with E-state index in [1.807, 2.05) is 6.92 Å². The van der Waals surface area contributed by atoms with Gasteiger partial charge in [-0.05, 0) is 75.0 Å². The topological polar surface area (TPSA) is 33.1 Å². The lowest BCUT2D eigenvalue weighted by Crippen LogP contribution is -2.47. The van der Waals surface area contributed by atoms with Crippen LogP contribution in [0, 0.1) is 30.1 Å². The standard InChI is InChI=1S/C17H25NOS/c1-11-18-15(10-20-11)5-16(19)9-17-6-12-2-13(7-17)4-14(3-12)8-17/h10,12-14,16,19H,2-9H2,1H3. The van der Waals surface area contributed by atoms with Gasteiger partial charge < -0.3 is 5.11 Å². The van der Waals surface area contributed by atoms with E-state index in [4.69, 9.17) is 0 Å². The van der Waals surface area contributed by atoms with Crippen molar-refractivity contribution in [3.8, 4) is 0 Å². The molecule has 0 aliphatic heterocycles. The van der Waals surface area contributed by atoms with Gasteiger partial charge in [0.25, 0.3) is 0 Å². The number of thiazole rings is 1. The van der Waals surface area contributed by atoms with Crippen molar-refractivity contribution in [1.29, 1.82) is 0 Å². The molecule has 1 unspecified atom stereocenters. The molecule has 0 spiro atoms. The molecule has 2 nitrogen and oxygen atoms in total. The van der Waals surface area contributed by atoms with Gasteiger partial charge in [-0.25, -0.2) is 4.98 Å². The van der Waals surface area contributed by atoms with Crippen LogP contribution in [0.25, 0.3) is 0 Å². The van der Waals surface area contributed by atoms with Crippen molar-refractivity contribution in [2.24, 2.45) is 23.2 Å². The van der Waals surface area contributed by atoms with Crippen LogP contribution in [-0.4, -0.2) is 16.2 Å². The van der Waals surface area contributed by atoms with E-state index < -0.39 is 0 Å². The maximum atomic E-state index is 10.5. The molecular formula is C17H25NOS. The molecule has 1 aromatic heterocycles. The second-order valence-corrected chi connectivity index (χ2v) is 8.90. The summed E-state index contributed by atoms with van der Waals surface area (Å²) in [5, 5.41) is 13.8. The fourth-order valence-electron chi connectivity index (χ4n) is 5.86. The Morgan fingerprint density at radius 1 is 1.25 bits per heavy atom. The maximum absolute atomic E-state index is 10.5. The van der Waals surface area contributed by atoms with E-state index in [9.17, 15) is 5.11 Å². The van der Waals surface area contributed by atoms with Crippen molar-refractivity contribution in [2.75, 3.05) is 0 Å². The number of aliphatic hydroxyl groups excluding tert-OH is 1. The highest BCUT2D eigenvalue weighted by molar-refractivity contribution is 7.09. The molecule has 0 saturated heterocycles. The number of aliphatic hydroxyl groups is 1. The largest absolute Gasteiger partial charge is 0.393 e. The summed E-state index contributed by atoms with van der Waals surface area (Å²) in [7, 11) is 0. The van der Waals surface area contributed by atoms with Crippen LogP contribution in [0.2, 0.25) is 0 Å². The minimum Gasteiger partial charge on any atom is -0.393 e. The monoisotopic (exact) mass is 291 g/mol. The molecule has 5 rings (SSSR count). The van der Waals surface area contributed by atoms with Crippen molar-refractivity contribution in [3.63, 3.8) is 0 Å². The third kappa shape index (κ3) is 2.43. The summed E-state index contributed by atoms with van der Waals surface area (Å²) in [6.45, 7) is 2.04. The average Bonchev–Trinajstić information content (AvgIpc) is 2.71. The van der Waals surface area contributed by atoms with Crippen LogP contribution >= 0.6 is 11.3 Å². The summed E-state index contributed by atoms with van der Waals surface area (Å²) in [5.74, 6) is 2.94. The molecule has 4 saturated carbocycles. The molecule has 3 heteroatoms. The lowest BCUT2D eigenvalue weighted by atomic mass is 9.48. The van der Waals surface area contributed by atoms with E-state index in [2.05, 4.69) is 10.4 Å². The van der Waals surface area contributed by atoms with Gasteiger partial charge in [0.2, 0.25) is 0 Å². The van der Waals surface area contributed by atoms with Crippen LogP contribution in [-0.2, 0) is 6.42 Å². The van der Waals surface area contributed by atoms with Crippen LogP contribution in [0.4, 0.5) is 0 Å². The zero-order chi connectivity index (χ0) is 13.7. The Morgan fingerprint density at radius 2 is 1.85 bits per heavy atom. The molecule has 0 aromatic carbocycles. The van der Waals surface area contributed by atoms with Gasteiger partial charge >= 0.3 is 0 Å². The van der Waals surface area contributed by atoms with Gasteiger partial charge in [-0.1, -0.05) is 0 Å². The first-order valence-electron chi connectivity index (χ1n) is 8.19. The van der Waals surface area contributed by atoms with Crippen molar-refractivity contribution >= 4 is 11.3 Å². The summed E-state index contributed by atoms with van der Waals surface area (Å²) >= 11 is 1.69. The Morgan fingerprint density at radius 3 is 2.35 bits per heavy atom. The molecule has 4 fully saturated rings. The van der Waals surface area contributed by atoms with E-state index in [0.717, 1.165) is 41.3 Å². The summed E-state index contributed by atoms with van der Waals surface area (Å²) in [5.41, 5.74) is 1.57. The zero-order valence-corrected chi connectivity index (χ0v) is 13.2. The minimum atomic E-state index is -0.187. The third-order valence-corrected chi connectivity index (χ3v) is 6.77. The summed E-state index contributed by atoms with van der Waals surface area (Å²) in [4.78, 5) is 4.50. The molecule has 0 amide bonds. The molecule has 0 radical (unpaired) electrons. The highest BCUT2D eigenvalue weighted by Gasteiger charge is 2.51. The first-order chi connectivity index (χ1) is 9.60. The van der Waals surface area contributed by atoms with Gasteiger partial charge in [0.05, 0.1) is 16.8 Å². The van der Waals surface area contributed by atoms with Gasteiger partial charge in [-0.15, -0.1) is 11.3 Å². The maximum Gasteiger partial charge on any atom is 0.0897 e. The molecule has 1 N–H and O–H groups in total. The van der Waals surface area contributed by atoms with E-state index in [1.54, 1.807) is 11.3 Å². The van der Waals surface area contributed by atoms with Crippen molar-refractivity contribution in [3.05, 3.63) is 16.1 Å². The third-order valence-electron chi connectivity index (χ3n) is 5.95. The fourth-order valence-corrected chi connectivity index (χ4v) is 6.48. The molecule has 4 aliphatic rings. The van der Waals surface area contributed by atoms with Crippen LogP contribution in [0.3, 0.4) is 0 Å². The number of aryl methyl sites for hydroxylation is 1. The smallest absolute Gasteiger partial charge is 0.0897 e. The Bertz CT molecular complexity index is 460. The van der Waals surface area contributed by atoms with Gasteiger partial charge in [0, 0.05) is 11.8 Å². The number of aromatic nitrogens is 1. The Labute approximate surface area is 125 Å². The molecule has 1 atom stereocenters. The summed E-state index contributed by atoms with van der Waals surface area (Å²) in [6.07, 6.45) is 10.2. The van der Waals surface area contributed by atoms with Gasteiger partial charge in [0.15, 0.2) is 0 Å². The number of nitrogens with zero attached hydrogens (tertiary/aromatic N) is 1. The predicted octanol–water partition coefficient (Wildman–Crippen LogP) is 3.96. The Hall–Kier alpha value is -0.410. The minimum absolute atomic E-state index is 0.187. The average molecular weight is 291 g/mol. The fraction of sp³-hybridized carbons (Fsp3) is 0.824. The SMILES string of the molecule is Cc1nc(CC(O)CC23CC4CC(CC(C4)C2)C3)cs1. The highest BCUT2D eigenvalue weighted by atomic mass is 32.1. The van der Waals surface area contributed by atoms with Gasteiger partial charge in [0.1, 0.15) is 0 Å². The summed E-state index contributed by atoms with van der Waals surface area (Å²) in [6, 6.07) is 0. The van der Waals surface area contributed by atoms with Crippen molar-refractivity contribution in [1.82, 2.24) is 4.98 Å². The molecule has 4 bridgehead atoms. The number of hydrogen-bond acceptors (Lipinski definition) is 3. The predicted molar refractivity (Wildman–Crippen MR) is 81.8 cm³/mol. The van der Waals surface area contributed by atoms with Crippen LogP contribution in [0.1, 0.15) is 55.6 Å². The molecule has 1 heterocycles. The molecule has 1 aromatic rings. The summed E-state index contributed by atoms with van der Waals surface area (Å²) < 4.78 is 0. The first-order valence-corrected chi connectivity index (χ1v) is 9.07. The van der Waals surface area contributed by atoms with Crippen molar-refractivity contribution in [2.45, 2.75) is 64.4 Å². The van der Waals surface area contributed by atoms with Gasteiger partial charge in [-0.2, -0.15) is 0 Å². The lowest BCUT2D eigenvalue weighted by molar-refractivity contribution is -0.0756. The van der Waals surface area contributed by atoms with Crippen molar-refractivity contribution < 1.29 is 5.11 Å². The van der Waals surface area contributed by atoms with E-state index >= 15 is 0 Å². The molecule has 20 heavy (non-hydrogen) atoms. The van der Waals surface area contributed by atoms with Crippen LogP contribution in [0.5, 0.6) is 0 Å². The Kier molecular flexibility index (Phi) is 3.19. The first kappa shape index (κ1) is 13.3. The van der Waals surface area contributed by atoms with E-state index in [1.165, 1.54) is 38.5 Å². The number of rotatable bonds is 4. The molecular weight excluding hydrogens is 266 g/mol. The Balaban J connectivity index is 1.43. The van der Waals surface area contributed by atoms with Crippen LogP contribution < -0.4 is 0 Å². The zero-order valence-electron chi connectivity index (χ0n) is 12.3. The van der Waals surface area contributed by atoms with E-state index in [0.29, 0.717) is 5.41 Å². The second kappa shape index (κ2) is 4.81.